The molecule has 9 nitrogen and oxygen atoms in total. The minimum atomic E-state index is -4.51. The van der Waals surface area contributed by atoms with E-state index < -0.39 is 40.9 Å². The average Bonchev–Trinajstić information content (AvgIpc) is 2.82. The number of sulfonamides is 1. The summed E-state index contributed by atoms with van der Waals surface area (Å²) in [4.78, 5) is 20.7. The van der Waals surface area contributed by atoms with Crippen LogP contribution in [0.3, 0.4) is 0 Å². The second kappa shape index (κ2) is 12.2. The second-order valence-corrected chi connectivity index (χ2v) is 18.3. The molecule has 0 radical (unpaired) electrons. The molecule has 2 N–H and O–H groups in total. The molecule has 1 heterocycles. The molecule has 212 valence electrons. The van der Waals surface area contributed by atoms with Crippen molar-refractivity contribution in [3.05, 3.63) is 50.9 Å². The first-order chi connectivity index (χ1) is 18.0. The number of carbonyl (C=O) groups excluding carboxylic acids is 1. The van der Waals surface area contributed by atoms with Crippen LogP contribution in [0.2, 0.25) is 23.2 Å². The van der Waals surface area contributed by atoms with Gasteiger partial charge in [0.1, 0.15) is 22.4 Å². The van der Waals surface area contributed by atoms with Crippen molar-refractivity contribution in [3.8, 4) is 5.75 Å². The van der Waals surface area contributed by atoms with Gasteiger partial charge in [0.15, 0.2) is 5.75 Å². The Morgan fingerprint density at radius 1 is 1.21 bits per heavy atom. The van der Waals surface area contributed by atoms with Crippen LogP contribution in [-0.4, -0.2) is 41.7 Å². The van der Waals surface area contributed by atoms with E-state index in [0.717, 1.165) is 0 Å². The summed E-state index contributed by atoms with van der Waals surface area (Å²) in [5.74, 6) is -1.96. The number of hydroxylamine groups is 2. The summed E-state index contributed by atoms with van der Waals surface area (Å²) in [6, 6.07) is 9.56. The average molecular weight is 662 g/mol. The summed E-state index contributed by atoms with van der Waals surface area (Å²) >= 11 is 9.54. The highest BCUT2D eigenvalue weighted by atomic mass is 79.9. The number of carbonyl (C=O) groups is 1. The molecule has 0 aromatic heterocycles. The zero-order chi connectivity index (χ0) is 29.2. The molecule has 1 amide bonds. The van der Waals surface area contributed by atoms with E-state index >= 15 is 0 Å². The van der Waals surface area contributed by atoms with Gasteiger partial charge in [0, 0.05) is 18.8 Å². The van der Waals surface area contributed by atoms with Crippen molar-refractivity contribution in [2.45, 2.75) is 56.6 Å². The zero-order valence-corrected chi connectivity index (χ0v) is 26.4. The van der Waals surface area contributed by atoms with Crippen molar-refractivity contribution >= 4 is 69.2 Å². The molecule has 1 aliphatic heterocycles. The van der Waals surface area contributed by atoms with Crippen LogP contribution in [0.25, 0.3) is 0 Å². The molecular formula is C25H31BrClFN4O5SSi. The maximum atomic E-state index is 13.9. The Bertz CT molecular complexity index is 1420. The number of hydrogen-bond donors (Lipinski definition) is 2. The molecule has 2 aromatic rings. The van der Waals surface area contributed by atoms with Crippen molar-refractivity contribution in [1.82, 2.24) is 4.72 Å². The van der Waals surface area contributed by atoms with Gasteiger partial charge in [-0.15, -0.1) is 0 Å². The number of nitrogens with zero attached hydrogens (tertiary/aromatic N) is 2. The highest BCUT2D eigenvalue weighted by Crippen LogP contribution is 2.45. The molecule has 1 saturated heterocycles. The molecule has 0 bridgehead atoms. The molecule has 0 spiro atoms. The number of hydrogen-bond acceptors (Lipinski definition) is 7. The van der Waals surface area contributed by atoms with Crippen LogP contribution >= 0.6 is 27.5 Å². The standard InChI is InChI=1S/C25H31BrClFN4O5SSi/c1-25(2,3)39(4,5)37-22-20(30-15-29-19-8-6-7-18(28)21(19)26)10-9-17(27)23(22)38(35,36)31-24(33)16-11-13-32(34)14-12-16/h6-10,16,32H,11-14H2,1-5H3,(H,31,33). The van der Waals surface area contributed by atoms with Crippen LogP contribution in [0.1, 0.15) is 33.6 Å². The lowest BCUT2D eigenvalue weighted by Gasteiger charge is -2.37. The quantitative estimate of drug-likeness (QED) is 0.235. The largest absolute Gasteiger partial charge is 0.634 e. The Hall–Kier alpha value is -2.12. The normalized spacial score (nSPS) is 18.2. The topological polar surface area (TPSA) is 125 Å². The molecule has 0 unspecified atom stereocenters. The third-order valence-electron chi connectivity index (χ3n) is 6.90. The summed E-state index contributed by atoms with van der Waals surface area (Å²) in [6.45, 7) is 10.2. The molecular weight excluding hydrogens is 631 g/mol. The van der Waals surface area contributed by atoms with E-state index in [-0.39, 0.29) is 62.7 Å². The summed E-state index contributed by atoms with van der Waals surface area (Å²) < 4.78 is 49.7. The highest BCUT2D eigenvalue weighted by Gasteiger charge is 2.42. The predicted molar refractivity (Wildman–Crippen MR) is 155 cm³/mol. The monoisotopic (exact) mass is 660 g/mol. The van der Waals surface area contributed by atoms with Gasteiger partial charge in [0.2, 0.25) is 5.91 Å². The van der Waals surface area contributed by atoms with Crippen LogP contribution in [-0.2, 0) is 14.8 Å². The lowest BCUT2D eigenvalue weighted by molar-refractivity contribution is -0.854. The first kappa shape index (κ1) is 31.4. The Kier molecular flexibility index (Phi) is 9.80. The van der Waals surface area contributed by atoms with Crippen LogP contribution in [0.15, 0.2) is 49.7 Å². The minimum absolute atomic E-state index is 0.0486. The van der Waals surface area contributed by atoms with E-state index in [1.807, 2.05) is 33.9 Å². The number of piperidine rings is 1. The number of nitrogens with one attached hydrogen (secondary N) is 2. The number of benzene rings is 2. The minimum Gasteiger partial charge on any atom is -0.634 e. The van der Waals surface area contributed by atoms with Gasteiger partial charge in [-0.25, -0.2) is 17.5 Å². The second-order valence-electron chi connectivity index (χ2n) is 10.8. The number of quaternary nitrogens is 1. The van der Waals surface area contributed by atoms with Crippen LogP contribution in [0, 0.1) is 16.9 Å². The smallest absolute Gasteiger partial charge is 0.269 e. The van der Waals surface area contributed by atoms with Crippen LogP contribution in [0.4, 0.5) is 15.8 Å². The SMILES string of the molecule is CC(C)(C)[Si](C)(C)Oc1c(N=C=Nc2cccc(F)c2Br)ccc(Cl)c1S(=O)(=O)NC(=O)C1CC[NH+]([O-])CC1. The van der Waals surface area contributed by atoms with E-state index in [9.17, 15) is 22.8 Å². The fourth-order valence-corrected chi connectivity index (χ4v) is 6.71. The predicted octanol–water partition coefficient (Wildman–Crippen LogP) is 5.36. The van der Waals surface area contributed by atoms with E-state index in [1.54, 1.807) is 6.07 Å². The van der Waals surface area contributed by atoms with Crippen molar-refractivity contribution in [3.63, 3.8) is 0 Å². The third kappa shape index (κ3) is 7.54. The van der Waals surface area contributed by atoms with E-state index in [0.29, 0.717) is 0 Å². The van der Waals surface area contributed by atoms with Gasteiger partial charge >= 0.3 is 0 Å². The number of halogens is 3. The lowest BCUT2D eigenvalue weighted by atomic mass is 9.97. The number of amides is 1. The summed E-state index contributed by atoms with van der Waals surface area (Å²) in [5.41, 5.74) is 0.294. The molecule has 1 aliphatic rings. The summed E-state index contributed by atoms with van der Waals surface area (Å²) in [6.07, 6.45) is 0.551. The molecule has 0 saturated carbocycles. The highest BCUT2D eigenvalue weighted by molar-refractivity contribution is 9.10. The molecule has 2 aromatic carbocycles. The molecule has 0 atom stereocenters. The molecule has 14 heteroatoms. The molecule has 39 heavy (non-hydrogen) atoms. The van der Waals surface area contributed by atoms with Crippen LogP contribution < -0.4 is 14.2 Å². The first-order valence-electron chi connectivity index (χ1n) is 12.2. The van der Waals surface area contributed by atoms with Gasteiger partial charge in [-0.1, -0.05) is 38.4 Å². The molecule has 3 rings (SSSR count). The lowest BCUT2D eigenvalue weighted by Crippen LogP contribution is -3.08. The maximum Gasteiger partial charge on any atom is 0.269 e. The Labute approximate surface area is 242 Å². The van der Waals surface area contributed by atoms with E-state index in [1.165, 1.54) is 24.3 Å². The Morgan fingerprint density at radius 3 is 2.44 bits per heavy atom. The number of aliphatic imine (C=N–C) groups is 2. The Morgan fingerprint density at radius 2 is 1.82 bits per heavy atom. The van der Waals surface area contributed by atoms with Gasteiger partial charge in [0.25, 0.3) is 18.3 Å². The Balaban J connectivity index is 2.10. The van der Waals surface area contributed by atoms with Crippen LogP contribution in [0.5, 0.6) is 5.75 Å². The van der Waals surface area contributed by atoms with Crippen molar-refractivity contribution < 1.29 is 27.1 Å². The fourth-order valence-electron chi connectivity index (χ4n) is 3.55. The molecule has 0 aliphatic carbocycles. The summed E-state index contributed by atoms with van der Waals surface area (Å²) in [5, 5.41) is 11.1. The molecule has 1 fully saturated rings. The fraction of sp³-hybridized carbons (Fsp3) is 0.440. The first-order valence-corrected chi connectivity index (χ1v) is 17.8. The van der Waals surface area contributed by atoms with E-state index in [4.69, 9.17) is 16.0 Å². The third-order valence-corrected chi connectivity index (χ3v) is 13.8. The van der Waals surface area contributed by atoms with Gasteiger partial charge in [0.05, 0.1) is 28.3 Å². The summed E-state index contributed by atoms with van der Waals surface area (Å²) in [7, 11) is -7.17. The van der Waals surface area contributed by atoms with Gasteiger partial charge < -0.3 is 14.7 Å². The number of rotatable bonds is 7. The van der Waals surface area contributed by atoms with Gasteiger partial charge in [-0.3, -0.25) is 4.79 Å². The van der Waals surface area contributed by atoms with Gasteiger partial charge in [-0.05, 0) is 58.3 Å². The van der Waals surface area contributed by atoms with E-state index in [2.05, 4.69) is 36.6 Å². The van der Waals surface area contributed by atoms with Crippen molar-refractivity contribution in [2.75, 3.05) is 13.1 Å². The maximum absolute atomic E-state index is 13.9. The zero-order valence-electron chi connectivity index (χ0n) is 22.3. The van der Waals surface area contributed by atoms with Crippen molar-refractivity contribution in [2.24, 2.45) is 15.9 Å². The van der Waals surface area contributed by atoms with Crippen molar-refractivity contribution in [1.29, 1.82) is 0 Å². The van der Waals surface area contributed by atoms with Gasteiger partial charge in [-0.2, -0.15) is 9.98 Å².